The number of primary amides is 1. The smallest absolute Gasteiger partial charge is 0.267 e. The molecule has 25 heavy (non-hydrogen) atoms. The Morgan fingerprint density at radius 2 is 2.16 bits per heavy atom. The van der Waals surface area contributed by atoms with Crippen molar-refractivity contribution in [3.63, 3.8) is 0 Å². The van der Waals surface area contributed by atoms with Gasteiger partial charge in [0.05, 0.1) is 0 Å². The summed E-state index contributed by atoms with van der Waals surface area (Å²) in [6.45, 7) is 0.706. The number of carbonyl (C=O) groups excluding carboxylic acids is 2. The van der Waals surface area contributed by atoms with Gasteiger partial charge < -0.3 is 16.4 Å². The van der Waals surface area contributed by atoms with E-state index in [2.05, 4.69) is 26.7 Å². The number of nitrogens with two attached hydrogens (primary N) is 1. The van der Waals surface area contributed by atoms with Gasteiger partial charge in [-0.1, -0.05) is 6.07 Å². The van der Waals surface area contributed by atoms with Crippen molar-refractivity contribution in [1.29, 1.82) is 0 Å². The highest BCUT2D eigenvalue weighted by atomic mass is 32.1. The quantitative estimate of drug-likeness (QED) is 0.663. The first-order chi connectivity index (χ1) is 12.1. The molecular weight excluding hydrogens is 338 g/mol. The van der Waals surface area contributed by atoms with E-state index in [1.54, 1.807) is 17.4 Å². The van der Waals surface area contributed by atoms with E-state index in [1.807, 2.05) is 11.4 Å². The molecule has 4 N–H and O–H groups in total. The number of rotatable bonds is 8. The van der Waals surface area contributed by atoms with Crippen molar-refractivity contribution >= 4 is 29.0 Å². The van der Waals surface area contributed by atoms with Gasteiger partial charge in [0.2, 0.25) is 5.91 Å². The molecule has 0 unspecified atom stereocenters. The maximum Gasteiger partial charge on any atom is 0.267 e. The third-order valence-electron chi connectivity index (χ3n) is 4.27. The van der Waals surface area contributed by atoms with Gasteiger partial charge in [-0.05, 0) is 36.6 Å². The molecule has 0 aromatic carbocycles. The van der Waals surface area contributed by atoms with E-state index in [1.165, 1.54) is 11.2 Å². The van der Waals surface area contributed by atoms with Crippen LogP contribution in [0.15, 0.2) is 29.9 Å². The van der Waals surface area contributed by atoms with Gasteiger partial charge >= 0.3 is 0 Å². The van der Waals surface area contributed by atoms with Crippen molar-refractivity contribution in [2.45, 2.75) is 31.7 Å². The Morgan fingerprint density at radius 1 is 1.32 bits per heavy atom. The average molecular weight is 359 g/mol. The highest BCUT2D eigenvalue weighted by Gasteiger charge is 2.29. The fraction of sp³-hybridized carbons (Fsp3) is 0.412. The van der Waals surface area contributed by atoms with Gasteiger partial charge in [0.15, 0.2) is 0 Å². The van der Waals surface area contributed by atoms with E-state index in [0.717, 1.165) is 19.3 Å². The molecule has 132 valence electrons. The summed E-state index contributed by atoms with van der Waals surface area (Å²) in [5.41, 5.74) is 5.41. The molecule has 0 radical (unpaired) electrons. The molecule has 0 atom stereocenters. The Morgan fingerprint density at radius 3 is 2.88 bits per heavy atom. The van der Waals surface area contributed by atoms with E-state index >= 15 is 0 Å². The normalized spacial score (nSPS) is 19.0. The van der Waals surface area contributed by atoms with Crippen LogP contribution in [-0.4, -0.2) is 34.4 Å². The zero-order chi connectivity index (χ0) is 17.6. The SMILES string of the molecule is NC(=O)c1cc(NC2CC(CNC(=O)CCc3cccs3)C2)ncn1. The molecule has 1 saturated carbocycles. The summed E-state index contributed by atoms with van der Waals surface area (Å²) in [6.07, 6.45) is 4.58. The Bertz CT molecular complexity index is 728. The van der Waals surface area contributed by atoms with Crippen LogP contribution < -0.4 is 16.4 Å². The second kappa shape index (κ2) is 8.06. The topological polar surface area (TPSA) is 110 Å². The summed E-state index contributed by atoms with van der Waals surface area (Å²) in [7, 11) is 0. The molecule has 3 rings (SSSR count). The maximum absolute atomic E-state index is 11.9. The van der Waals surface area contributed by atoms with Gasteiger partial charge in [-0.15, -0.1) is 11.3 Å². The van der Waals surface area contributed by atoms with Crippen LogP contribution in [0, 0.1) is 5.92 Å². The number of anilines is 1. The minimum absolute atomic E-state index is 0.103. The Labute approximate surface area is 150 Å². The lowest BCUT2D eigenvalue weighted by molar-refractivity contribution is -0.121. The van der Waals surface area contributed by atoms with Crippen LogP contribution in [-0.2, 0) is 11.2 Å². The van der Waals surface area contributed by atoms with Crippen LogP contribution >= 0.6 is 11.3 Å². The van der Waals surface area contributed by atoms with Crippen molar-refractivity contribution < 1.29 is 9.59 Å². The first kappa shape index (κ1) is 17.3. The molecular formula is C17H21N5O2S. The van der Waals surface area contributed by atoms with Crippen molar-refractivity contribution in [3.8, 4) is 0 Å². The highest BCUT2D eigenvalue weighted by molar-refractivity contribution is 7.09. The lowest BCUT2D eigenvalue weighted by Gasteiger charge is -2.36. The minimum Gasteiger partial charge on any atom is -0.367 e. The monoisotopic (exact) mass is 359 g/mol. The predicted molar refractivity (Wildman–Crippen MR) is 96.3 cm³/mol. The lowest BCUT2D eigenvalue weighted by Crippen LogP contribution is -2.42. The van der Waals surface area contributed by atoms with E-state index in [4.69, 9.17) is 5.73 Å². The fourth-order valence-electron chi connectivity index (χ4n) is 2.84. The van der Waals surface area contributed by atoms with Crippen LogP contribution in [0.2, 0.25) is 0 Å². The Balaban J connectivity index is 1.33. The number of hydrogen-bond donors (Lipinski definition) is 3. The second-order valence-corrected chi connectivity index (χ2v) is 7.25. The number of thiophene rings is 1. The predicted octanol–water partition coefficient (Wildman–Crippen LogP) is 1.58. The number of nitrogens with one attached hydrogen (secondary N) is 2. The molecule has 0 saturated heterocycles. The second-order valence-electron chi connectivity index (χ2n) is 6.21. The van der Waals surface area contributed by atoms with Crippen LogP contribution in [0.25, 0.3) is 0 Å². The third kappa shape index (κ3) is 4.99. The molecule has 2 heterocycles. The molecule has 0 aliphatic heterocycles. The zero-order valence-electron chi connectivity index (χ0n) is 13.8. The van der Waals surface area contributed by atoms with Crippen LogP contribution in [0.5, 0.6) is 0 Å². The van der Waals surface area contributed by atoms with Gasteiger partial charge in [0, 0.05) is 30.0 Å². The molecule has 8 heteroatoms. The summed E-state index contributed by atoms with van der Waals surface area (Å²) >= 11 is 1.68. The zero-order valence-corrected chi connectivity index (χ0v) is 14.6. The summed E-state index contributed by atoms with van der Waals surface area (Å²) in [4.78, 5) is 32.1. The maximum atomic E-state index is 11.9. The number of aromatic nitrogens is 2. The molecule has 1 aliphatic carbocycles. The van der Waals surface area contributed by atoms with Gasteiger partial charge in [-0.3, -0.25) is 9.59 Å². The molecule has 1 fully saturated rings. The molecule has 0 bridgehead atoms. The number of aryl methyl sites for hydroxylation is 1. The first-order valence-electron chi connectivity index (χ1n) is 8.27. The molecule has 1 aliphatic rings. The summed E-state index contributed by atoms with van der Waals surface area (Å²) in [6, 6.07) is 5.91. The van der Waals surface area contributed by atoms with Gasteiger partial charge in [-0.2, -0.15) is 0 Å². The van der Waals surface area contributed by atoms with Crippen molar-refractivity contribution in [3.05, 3.63) is 40.5 Å². The standard InChI is InChI=1S/C17H21N5O2S/c18-17(24)14-8-15(21-10-20-14)22-12-6-11(7-12)9-19-16(23)4-3-13-2-1-5-25-13/h1-2,5,8,10-12H,3-4,6-7,9H2,(H2,18,24)(H,19,23)(H,20,21,22). The lowest BCUT2D eigenvalue weighted by atomic mass is 9.80. The average Bonchev–Trinajstić information content (AvgIpc) is 3.08. The van der Waals surface area contributed by atoms with Gasteiger partial charge in [0.25, 0.3) is 5.91 Å². The summed E-state index contributed by atoms with van der Waals surface area (Å²) < 4.78 is 0. The van der Waals surface area contributed by atoms with Crippen LogP contribution in [0.1, 0.15) is 34.6 Å². The number of nitrogens with zero attached hydrogens (tertiary/aromatic N) is 2. The van der Waals surface area contributed by atoms with Crippen molar-refractivity contribution in [2.24, 2.45) is 11.7 Å². The van der Waals surface area contributed by atoms with E-state index < -0.39 is 5.91 Å². The molecule has 2 aromatic rings. The summed E-state index contributed by atoms with van der Waals surface area (Å²) in [5, 5.41) is 8.30. The molecule has 2 aromatic heterocycles. The number of carbonyl (C=O) groups is 2. The molecule has 7 nitrogen and oxygen atoms in total. The van der Waals surface area contributed by atoms with Gasteiger partial charge in [0.1, 0.15) is 17.8 Å². The van der Waals surface area contributed by atoms with E-state index in [-0.39, 0.29) is 11.6 Å². The molecule has 0 spiro atoms. The first-order valence-corrected chi connectivity index (χ1v) is 9.15. The van der Waals surface area contributed by atoms with E-state index in [0.29, 0.717) is 30.7 Å². The number of amides is 2. The largest absolute Gasteiger partial charge is 0.367 e. The fourth-order valence-corrected chi connectivity index (χ4v) is 3.55. The highest BCUT2D eigenvalue weighted by Crippen LogP contribution is 2.29. The van der Waals surface area contributed by atoms with Crippen molar-refractivity contribution in [1.82, 2.24) is 15.3 Å². The number of hydrogen-bond acceptors (Lipinski definition) is 6. The summed E-state index contributed by atoms with van der Waals surface area (Å²) in [5.74, 6) is 0.613. The molecule has 2 amide bonds. The van der Waals surface area contributed by atoms with Gasteiger partial charge in [-0.25, -0.2) is 9.97 Å². The van der Waals surface area contributed by atoms with E-state index in [9.17, 15) is 9.59 Å². The van der Waals surface area contributed by atoms with Crippen molar-refractivity contribution in [2.75, 3.05) is 11.9 Å². The van der Waals surface area contributed by atoms with Crippen LogP contribution in [0.3, 0.4) is 0 Å². The third-order valence-corrected chi connectivity index (χ3v) is 5.21. The Hall–Kier alpha value is -2.48. The van der Waals surface area contributed by atoms with Crippen LogP contribution in [0.4, 0.5) is 5.82 Å². The minimum atomic E-state index is -0.567. The Kier molecular flexibility index (Phi) is 5.60.